The normalized spacial score (nSPS) is 12.5. The number of nitrogens with one attached hydrogen (secondary N) is 1. The van der Waals surface area contributed by atoms with Gasteiger partial charge in [-0.2, -0.15) is 13.2 Å². The summed E-state index contributed by atoms with van der Waals surface area (Å²) >= 11 is 0. The number of hydrogen-bond acceptors (Lipinski definition) is 1. The number of aromatic nitrogens is 1. The zero-order chi connectivity index (χ0) is 15.5. The smallest absolute Gasteiger partial charge is 0.347 e. The zero-order valence-corrected chi connectivity index (χ0v) is 12.4. The van der Waals surface area contributed by atoms with Crippen LogP contribution in [-0.4, -0.2) is 16.8 Å². The highest BCUT2D eigenvalue weighted by Crippen LogP contribution is 2.24. The van der Waals surface area contributed by atoms with Crippen molar-refractivity contribution in [3.05, 3.63) is 36.0 Å². The predicted molar refractivity (Wildman–Crippen MR) is 79.2 cm³/mol. The van der Waals surface area contributed by atoms with E-state index in [4.69, 9.17) is 0 Å². The number of hydrogen-bond donors (Lipinski definition) is 1. The van der Waals surface area contributed by atoms with Crippen LogP contribution in [0.1, 0.15) is 32.3 Å². The van der Waals surface area contributed by atoms with E-state index in [0.29, 0.717) is 12.6 Å². The summed E-state index contributed by atoms with van der Waals surface area (Å²) < 4.78 is 38.6. The van der Waals surface area contributed by atoms with Crippen molar-refractivity contribution in [3.63, 3.8) is 0 Å². The Balaban J connectivity index is 2.11. The van der Waals surface area contributed by atoms with Gasteiger partial charge in [0.1, 0.15) is 0 Å². The maximum absolute atomic E-state index is 12.2. The van der Waals surface area contributed by atoms with Crippen molar-refractivity contribution < 1.29 is 13.2 Å². The Labute approximate surface area is 122 Å². The van der Waals surface area contributed by atoms with E-state index in [1.807, 2.05) is 29.0 Å². The number of alkyl halides is 3. The van der Waals surface area contributed by atoms with E-state index in [1.54, 1.807) is 0 Å². The lowest BCUT2D eigenvalue weighted by atomic mass is 10.1. The Kier molecular flexibility index (Phi) is 4.93. The number of halogens is 3. The molecule has 1 heterocycles. The topological polar surface area (TPSA) is 17.0 Å². The molecule has 1 aromatic heterocycles. The van der Waals surface area contributed by atoms with Gasteiger partial charge in [0.15, 0.2) is 0 Å². The molecule has 0 spiro atoms. The van der Waals surface area contributed by atoms with E-state index >= 15 is 0 Å². The summed E-state index contributed by atoms with van der Waals surface area (Å²) in [7, 11) is 0. The van der Waals surface area contributed by atoms with E-state index in [0.717, 1.165) is 17.4 Å². The van der Waals surface area contributed by atoms with Gasteiger partial charge in [0.25, 0.3) is 0 Å². The van der Waals surface area contributed by atoms with Crippen LogP contribution in [0.4, 0.5) is 13.2 Å². The zero-order valence-electron chi connectivity index (χ0n) is 12.4. The number of nitrogens with zero attached hydrogens (tertiary/aromatic N) is 1. The number of fused-ring (bicyclic) bond motifs is 1. The fourth-order valence-electron chi connectivity index (χ4n) is 2.40. The van der Waals surface area contributed by atoms with Crippen molar-refractivity contribution >= 4 is 10.9 Å². The molecule has 0 atom stereocenters. The number of aryl methyl sites for hydroxylation is 1. The second kappa shape index (κ2) is 6.52. The van der Waals surface area contributed by atoms with E-state index in [1.165, 1.54) is 5.56 Å². The quantitative estimate of drug-likeness (QED) is 0.832. The summed E-state index contributed by atoms with van der Waals surface area (Å²) in [4.78, 5) is 0. The van der Waals surface area contributed by atoms with Gasteiger partial charge in [-0.1, -0.05) is 26.0 Å². The summed E-state index contributed by atoms with van der Waals surface area (Å²) in [6.45, 7) is 5.33. The van der Waals surface area contributed by atoms with Gasteiger partial charge < -0.3 is 9.88 Å². The van der Waals surface area contributed by atoms with E-state index < -0.39 is 12.6 Å². The molecular formula is C16H21F3N2. The Bertz CT molecular complexity index is 585. The minimum Gasteiger partial charge on any atom is -0.347 e. The number of benzene rings is 1. The molecule has 0 aliphatic carbocycles. The lowest BCUT2D eigenvalue weighted by Gasteiger charge is -2.11. The molecule has 0 saturated heterocycles. The Morgan fingerprint density at radius 2 is 1.95 bits per heavy atom. The minimum atomic E-state index is -4.07. The molecule has 1 aromatic carbocycles. The third-order valence-electron chi connectivity index (χ3n) is 3.46. The van der Waals surface area contributed by atoms with Crippen LogP contribution >= 0.6 is 0 Å². The third-order valence-corrected chi connectivity index (χ3v) is 3.46. The highest BCUT2D eigenvalue weighted by atomic mass is 19.4. The maximum atomic E-state index is 12.2. The highest BCUT2D eigenvalue weighted by Gasteiger charge is 2.26. The molecule has 5 heteroatoms. The molecule has 0 aliphatic rings. The summed E-state index contributed by atoms with van der Waals surface area (Å²) in [5, 5.41) is 4.48. The van der Waals surface area contributed by atoms with Crippen LogP contribution in [0.25, 0.3) is 10.9 Å². The molecule has 116 valence electrons. The summed E-state index contributed by atoms with van der Waals surface area (Å²) in [5.74, 6) is 0. The first kappa shape index (κ1) is 15.9. The molecule has 0 amide bonds. The van der Waals surface area contributed by atoms with Gasteiger partial charge in [-0.3, -0.25) is 0 Å². The largest absolute Gasteiger partial charge is 0.389 e. The molecule has 0 radical (unpaired) electrons. The van der Waals surface area contributed by atoms with Gasteiger partial charge in [0.2, 0.25) is 0 Å². The monoisotopic (exact) mass is 298 g/mol. The first-order chi connectivity index (χ1) is 9.87. The SMILES string of the molecule is CC(C)NCc1cccc2c1ccn2CCCC(F)(F)F. The fourth-order valence-corrected chi connectivity index (χ4v) is 2.40. The van der Waals surface area contributed by atoms with E-state index in [9.17, 15) is 13.2 Å². The van der Waals surface area contributed by atoms with E-state index in [-0.39, 0.29) is 6.42 Å². The van der Waals surface area contributed by atoms with Crippen molar-refractivity contribution in [2.75, 3.05) is 0 Å². The molecule has 0 saturated carbocycles. The molecule has 2 nitrogen and oxygen atoms in total. The second-order valence-electron chi connectivity index (χ2n) is 5.61. The molecule has 0 bridgehead atoms. The van der Waals surface area contributed by atoms with Crippen LogP contribution < -0.4 is 5.32 Å². The van der Waals surface area contributed by atoms with E-state index in [2.05, 4.69) is 25.2 Å². The van der Waals surface area contributed by atoms with Crippen LogP contribution in [0.2, 0.25) is 0 Å². The molecule has 1 N–H and O–H groups in total. The lowest BCUT2D eigenvalue weighted by molar-refractivity contribution is -0.135. The van der Waals surface area contributed by atoms with Crippen LogP contribution in [0.3, 0.4) is 0 Å². The molecule has 21 heavy (non-hydrogen) atoms. The van der Waals surface area contributed by atoms with Gasteiger partial charge in [0, 0.05) is 42.7 Å². The molecule has 2 rings (SSSR count). The fraction of sp³-hybridized carbons (Fsp3) is 0.500. The molecule has 2 aromatic rings. The van der Waals surface area contributed by atoms with Crippen molar-refractivity contribution in [2.45, 2.75) is 52.0 Å². The van der Waals surface area contributed by atoms with Crippen molar-refractivity contribution in [1.29, 1.82) is 0 Å². The third kappa shape index (κ3) is 4.49. The minimum absolute atomic E-state index is 0.113. The molecule has 0 fully saturated rings. The van der Waals surface area contributed by atoms with Crippen LogP contribution in [-0.2, 0) is 13.1 Å². The van der Waals surface area contributed by atoms with Gasteiger partial charge in [0.05, 0.1) is 0 Å². The van der Waals surface area contributed by atoms with Gasteiger partial charge >= 0.3 is 6.18 Å². The van der Waals surface area contributed by atoms with Crippen LogP contribution in [0, 0.1) is 0 Å². The second-order valence-corrected chi connectivity index (χ2v) is 5.61. The summed E-state index contributed by atoms with van der Waals surface area (Å²) in [5.41, 5.74) is 2.18. The maximum Gasteiger partial charge on any atom is 0.389 e. The standard InChI is InChI=1S/C16H21F3N2/c1-12(2)20-11-13-5-3-6-15-14(13)7-10-21(15)9-4-8-16(17,18)19/h3,5-7,10,12,20H,4,8-9,11H2,1-2H3. The molecule has 0 unspecified atom stereocenters. The summed E-state index contributed by atoms with van der Waals surface area (Å²) in [6, 6.07) is 8.36. The average molecular weight is 298 g/mol. The Hall–Kier alpha value is -1.49. The van der Waals surface area contributed by atoms with Crippen molar-refractivity contribution in [3.8, 4) is 0 Å². The van der Waals surface area contributed by atoms with Gasteiger partial charge in [-0.05, 0) is 24.1 Å². The van der Waals surface area contributed by atoms with Gasteiger partial charge in [-0.25, -0.2) is 0 Å². The van der Waals surface area contributed by atoms with Crippen molar-refractivity contribution in [2.24, 2.45) is 0 Å². The van der Waals surface area contributed by atoms with Gasteiger partial charge in [-0.15, -0.1) is 0 Å². The Morgan fingerprint density at radius 1 is 1.19 bits per heavy atom. The van der Waals surface area contributed by atoms with Crippen LogP contribution in [0.15, 0.2) is 30.5 Å². The van der Waals surface area contributed by atoms with Crippen LogP contribution in [0.5, 0.6) is 0 Å². The first-order valence-corrected chi connectivity index (χ1v) is 7.24. The summed E-state index contributed by atoms with van der Waals surface area (Å²) in [6.07, 6.45) is -2.82. The number of rotatable bonds is 6. The predicted octanol–water partition coefficient (Wildman–Crippen LogP) is 4.48. The molecule has 0 aliphatic heterocycles. The molecular weight excluding hydrogens is 277 g/mol. The average Bonchev–Trinajstić information content (AvgIpc) is 2.79. The first-order valence-electron chi connectivity index (χ1n) is 7.24. The highest BCUT2D eigenvalue weighted by molar-refractivity contribution is 5.83. The Morgan fingerprint density at radius 3 is 2.62 bits per heavy atom. The lowest BCUT2D eigenvalue weighted by Crippen LogP contribution is -2.21. The van der Waals surface area contributed by atoms with Crippen molar-refractivity contribution in [1.82, 2.24) is 9.88 Å².